The minimum atomic E-state index is -0.280. The molecule has 0 aliphatic heterocycles. The molecular formula is C69H137N7O7. The minimum Gasteiger partial charge on any atom is -0.465 e. The van der Waals surface area contributed by atoms with Crippen LogP contribution in [0.1, 0.15) is 291 Å². The van der Waals surface area contributed by atoms with E-state index in [-0.39, 0.29) is 42.7 Å². The Balaban J connectivity index is 4.93. The zero-order valence-electron chi connectivity index (χ0n) is 56.1. The zero-order valence-corrected chi connectivity index (χ0v) is 56.1. The third-order valence-electron chi connectivity index (χ3n) is 16.7. The molecule has 0 saturated carbocycles. The van der Waals surface area contributed by atoms with Crippen LogP contribution < -0.4 is 5.32 Å². The first-order valence-electron chi connectivity index (χ1n) is 35.2. The topological polar surface area (TPSA) is 135 Å². The van der Waals surface area contributed by atoms with Gasteiger partial charge < -0.3 is 34.4 Å². The van der Waals surface area contributed by atoms with Crippen LogP contribution in [0, 0.1) is 0 Å². The Morgan fingerprint density at radius 3 is 0.952 bits per heavy atom. The maximum absolute atomic E-state index is 13.4. The van der Waals surface area contributed by atoms with Crippen molar-refractivity contribution in [3.63, 3.8) is 0 Å². The van der Waals surface area contributed by atoms with E-state index in [4.69, 9.17) is 9.47 Å². The highest BCUT2D eigenvalue weighted by molar-refractivity contribution is 5.77. The highest BCUT2D eigenvalue weighted by atomic mass is 16.5. The lowest BCUT2D eigenvalue weighted by Gasteiger charge is -2.26. The molecule has 0 aromatic carbocycles. The molecule has 1 N–H and O–H groups in total. The second-order valence-corrected chi connectivity index (χ2v) is 24.9. The van der Waals surface area contributed by atoms with Crippen molar-refractivity contribution in [2.75, 3.05) is 126 Å². The summed E-state index contributed by atoms with van der Waals surface area (Å²) in [7, 11) is 7.75. The molecule has 0 aliphatic carbocycles. The van der Waals surface area contributed by atoms with Gasteiger partial charge >= 0.3 is 11.9 Å². The van der Waals surface area contributed by atoms with Gasteiger partial charge in [0.05, 0.1) is 26.3 Å². The Hall–Kier alpha value is -2.81. The fourth-order valence-corrected chi connectivity index (χ4v) is 10.6. The number of rotatable bonds is 64. The summed E-state index contributed by atoms with van der Waals surface area (Å²) >= 11 is 0. The van der Waals surface area contributed by atoms with Crippen molar-refractivity contribution >= 4 is 29.7 Å². The van der Waals surface area contributed by atoms with Gasteiger partial charge in [-0.3, -0.25) is 33.8 Å². The molecule has 0 rings (SSSR count). The van der Waals surface area contributed by atoms with E-state index < -0.39 is 0 Å². The van der Waals surface area contributed by atoms with E-state index in [2.05, 4.69) is 47.7 Å². The molecular weight excluding hydrogens is 1040 g/mol. The van der Waals surface area contributed by atoms with Gasteiger partial charge in [-0.25, -0.2) is 0 Å². The predicted octanol–water partition coefficient (Wildman–Crippen LogP) is 14.6. The van der Waals surface area contributed by atoms with Gasteiger partial charge in [0.1, 0.15) is 0 Å². The van der Waals surface area contributed by atoms with Crippen LogP contribution in [0.4, 0.5) is 0 Å². The lowest BCUT2D eigenvalue weighted by molar-refractivity contribution is -0.146. The monoisotopic (exact) mass is 1180 g/mol. The summed E-state index contributed by atoms with van der Waals surface area (Å²) in [5.41, 5.74) is 0. The second kappa shape index (κ2) is 60.9. The summed E-state index contributed by atoms with van der Waals surface area (Å²) in [5.74, 6) is -0.314. The third-order valence-corrected chi connectivity index (χ3v) is 16.7. The van der Waals surface area contributed by atoms with Gasteiger partial charge in [0.25, 0.3) is 0 Å². The number of ether oxygens (including phenoxy) is 2. The molecule has 0 atom stereocenters. The van der Waals surface area contributed by atoms with Crippen LogP contribution in [0.25, 0.3) is 0 Å². The van der Waals surface area contributed by atoms with Crippen LogP contribution in [0.5, 0.6) is 0 Å². The summed E-state index contributed by atoms with van der Waals surface area (Å²) in [4.78, 5) is 77.6. The van der Waals surface area contributed by atoms with Gasteiger partial charge in [-0.2, -0.15) is 0 Å². The van der Waals surface area contributed by atoms with Gasteiger partial charge in [0, 0.05) is 98.8 Å². The van der Waals surface area contributed by atoms with Crippen LogP contribution in [0.2, 0.25) is 0 Å². The smallest absolute Gasteiger partial charge is 0.320 e. The quantitative estimate of drug-likeness (QED) is 0.0460. The SMILES string of the molecule is CCCCCCCCCCCCCCN(CCN(C)C(=O)CCN(C)CCN(C)CCC(=O)N(C)CCN(CCC(=O)NCCCCCCCCCCCC)CC(=O)OCCCCCCCCCC)CC(=O)OCCCCCCCCCC. The van der Waals surface area contributed by atoms with Gasteiger partial charge in [-0.15, -0.1) is 0 Å². The maximum Gasteiger partial charge on any atom is 0.320 e. The highest BCUT2D eigenvalue weighted by Gasteiger charge is 2.19. The molecule has 0 bridgehead atoms. The number of hydrogen-bond donors (Lipinski definition) is 1. The predicted molar refractivity (Wildman–Crippen MR) is 350 cm³/mol. The molecule has 83 heavy (non-hydrogen) atoms. The Kier molecular flexibility index (Phi) is 58.8. The number of carbonyl (C=O) groups is 5. The highest BCUT2D eigenvalue weighted by Crippen LogP contribution is 2.15. The molecule has 0 unspecified atom stereocenters. The molecule has 14 heteroatoms. The van der Waals surface area contributed by atoms with E-state index in [1.54, 1.807) is 4.90 Å². The lowest BCUT2D eigenvalue weighted by Crippen LogP contribution is -2.41. The second-order valence-electron chi connectivity index (χ2n) is 24.9. The summed E-state index contributed by atoms with van der Waals surface area (Å²) in [6.45, 7) is 17.1. The Bertz CT molecular complexity index is 1490. The van der Waals surface area contributed by atoms with E-state index in [1.807, 2.05) is 38.0 Å². The first-order chi connectivity index (χ1) is 40.4. The summed E-state index contributed by atoms with van der Waals surface area (Å²) in [6, 6.07) is 0. The molecule has 0 aromatic rings. The maximum atomic E-state index is 13.4. The fourth-order valence-electron chi connectivity index (χ4n) is 10.6. The van der Waals surface area contributed by atoms with Crippen LogP contribution >= 0.6 is 0 Å². The van der Waals surface area contributed by atoms with Crippen molar-refractivity contribution in [2.45, 2.75) is 291 Å². The largest absolute Gasteiger partial charge is 0.465 e. The van der Waals surface area contributed by atoms with Crippen LogP contribution in [-0.4, -0.2) is 186 Å². The van der Waals surface area contributed by atoms with Crippen molar-refractivity contribution in [3.05, 3.63) is 0 Å². The first-order valence-corrected chi connectivity index (χ1v) is 35.2. The number of amides is 3. The van der Waals surface area contributed by atoms with E-state index in [9.17, 15) is 24.0 Å². The van der Waals surface area contributed by atoms with Crippen molar-refractivity contribution in [1.82, 2.24) is 34.7 Å². The molecule has 0 radical (unpaired) electrons. The molecule has 0 heterocycles. The summed E-state index contributed by atoms with van der Waals surface area (Å²) in [5, 5.41) is 3.09. The average Bonchev–Trinajstić information content (AvgIpc) is 3.48. The fraction of sp³-hybridized carbons (Fsp3) is 0.928. The number of esters is 2. The van der Waals surface area contributed by atoms with Crippen molar-refractivity contribution in [2.24, 2.45) is 0 Å². The summed E-state index contributed by atoms with van der Waals surface area (Å²) in [6.07, 6.45) is 48.2. The Morgan fingerprint density at radius 1 is 0.301 bits per heavy atom. The molecule has 0 spiro atoms. The zero-order chi connectivity index (χ0) is 61.1. The molecule has 0 saturated heterocycles. The van der Waals surface area contributed by atoms with Gasteiger partial charge in [-0.05, 0) is 46.3 Å². The lowest BCUT2D eigenvalue weighted by atomic mass is 10.1. The minimum absolute atomic E-state index is 0.00627. The number of hydrogen-bond acceptors (Lipinski definition) is 11. The molecule has 490 valence electrons. The van der Waals surface area contributed by atoms with Gasteiger partial charge in [0.2, 0.25) is 17.7 Å². The van der Waals surface area contributed by atoms with E-state index in [1.165, 1.54) is 186 Å². The number of nitrogens with one attached hydrogen (secondary N) is 1. The molecule has 14 nitrogen and oxygen atoms in total. The number of nitrogens with zero attached hydrogens (tertiary/aromatic N) is 6. The van der Waals surface area contributed by atoms with E-state index in [0.717, 1.165) is 77.4 Å². The third kappa shape index (κ3) is 55.5. The Morgan fingerprint density at radius 2 is 0.602 bits per heavy atom. The van der Waals surface area contributed by atoms with Crippen molar-refractivity contribution in [3.8, 4) is 0 Å². The first kappa shape index (κ1) is 80.2. The summed E-state index contributed by atoms with van der Waals surface area (Å²) < 4.78 is 11.4. The van der Waals surface area contributed by atoms with E-state index >= 15 is 0 Å². The van der Waals surface area contributed by atoms with Crippen molar-refractivity contribution in [1.29, 1.82) is 0 Å². The van der Waals surface area contributed by atoms with Gasteiger partial charge in [0.15, 0.2) is 0 Å². The standard InChI is InChI=1S/C69H137N7O7/c1-9-13-17-21-25-29-31-32-34-36-40-44-51-75(63-68(80)82-61-45-41-37-27-23-19-15-11-3)59-57-73(7)66(78)48-52-71(5)55-56-72(6)53-49-67(79)74(8)58-60-76(64-69(81)83-62-46-42-38-28-24-20-16-12-4)54-47-65(77)70-50-43-39-35-33-30-26-22-18-14-10-2/h9-64H2,1-8H3,(H,70,77). The molecule has 3 amide bonds. The Labute approximate surface area is 513 Å². The van der Waals surface area contributed by atoms with Crippen molar-refractivity contribution < 1.29 is 33.4 Å². The van der Waals surface area contributed by atoms with E-state index in [0.29, 0.717) is 84.8 Å². The normalized spacial score (nSPS) is 11.6. The number of unbranched alkanes of at least 4 members (excludes halogenated alkanes) is 34. The van der Waals surface area contributed by atoms with Crippen LogP contribution in [-0.2, 0) is 33.4 Å². The molecule has 0 fully saturated rings. The van der Waals surface area contributed by atoms with Gasteiger partial charge in [-0.1, -0.05) is 246 Å². The van der Waals surface area contributed by atoms with Crippen LogP contribution in [0.15, 0.2) is 0 Å². The number of carbonyl (C=O) groups excluding carboxylic acids is 5. The molecule has 0 aliphatic rings. The van der Waals surface area contributed by atoms with Crippen LogP contribution in [0.3, 0.4) is 0 Å². The average molecular weight is 1180 g/mol. The molecule has 0 aromatic heterocycles. The number of likely N-dealkylation sites (N-methyl/N-ethyl adjacent to an activating group) is 4.